The van der Waals surface area contributed by atoms with Crippen LogP contribution in [0, 0.1) is 6.92 Å². The van der Waals surface area contributed by atoms with E-state index in [0.29, 0.717) is 34.1 Å². The van der Waals surface area contributed by atoms with E-state index >= 15 is 0 Å². The number of nitrogens with one attached hydrogen (secondary N) is 3. The molecule has 0 radical (unpaired) electrons. The summed E-state index contributed by atoms with van der Waals surface area (Å²) in [4.78, 5) is 40.0. The van der Waals surface area contributed by atoms with Crippen molar-refractivity contribution in [2.24, 2.45) is 0 Å². The van der Waals surface area contributed by atoms with Crippen LogP contribution in [0.15, 0.2) is 89.5 Å². The Bertz CT molecular complexity index is 1560. The minimum atomic E-state index is -0.504. The first kappa shape index (κ1) is 29.5. The van der Waals surface area contributed by atoms with Gasteiger partial charge in [-0.2, -0.15) is 0 Å². The molecule has 0 fully saturated rings. The number of hydrogen-bond acceptors (Lipinski definition) is 8. The van der Waals surface area contributed by atoms with Crippen molar-refractivity contribution in [3.05, 3.63) is 101 Å². The minimum absolute atomic E-state index is 0.0586. The number of amides is 3. The van der Waals surface area contributed by atoms with Gasteiger partial charge in [0.05, 0.1) is 12.4 Å². The molecule has 41 heavy (non-hydrogen) atoms. The Kier molecular flexibility index (Phi) is 10.2. The van der Waals surface area contributed by atoms with Gasteiger partial charge < -0.3 is 15.4 Å². The third-order valence-electron chi connectivity index (χ3n) is 5.72. The van der Waals surface area contributed by atoms with Crippen LogP contribution in [0.3, 0.4) is 0 Å². The summed E-state index contributed by atoms with van der Waals surface area (Å²) in [7, 11) is 1.56. The average molecular weight is 588 g/mol. The number of methoxy groups -OCH3 is 1. The SMILES string of the molecule is CCC(Sc1cccc(NC(=O)/C(=C/c2cccc(OC)c2)NC(=O)c2ccccc2)c1)C(=O)Nc1nnc(C)s1. The number of carbonyl (C=O) groups is 3. The Morgan fingerprint density at radius 3 is 2.46 bits per heavy atom. The Morgan fingerprint density at radius 2 is 1.76 bits per heavy atom. The van der Waals surface area contributed by atoms with Crippen molar-refractivity contribution < 1.29 is 19.1 Å². The van der Waals surface area contributed by atoms with Crippen LogP contribution >= 0.6 is 23.1 Å². The van der Waals surface area contributed by atoms with E-state index in [1.165, 1.54) is 23.1 Å². The zero-order valence-corrected chi connectivity index (χ0v) is 24.3. The fourth-order valence-corrected chi connectivity index (χ4v) is 5.31. The lowest BCUT2D eigenvalue weighted by molar-refractivity contribution is -0.116. The summed E-state index contributed by atoms with van der Waals surface area (Å²) in [5.41, 5.74) is 1.67. The lowest BCUT2D eigenvalue weighted by Gasteiger charge is -2.15. The van der Waals surface area contributed by atoms with Crippen LogP contribution in [-0.4, -0.2) is 40.3 Å². The number of benzene rings is 3. The van der Waals surface area contributed by atoms with Gasteiger partial charge in [0.1, 0.15) is 16.5 Å². The van der Waals surface area contributed by atoms with Gasteiger partial charge in [-0.25, -0.2) is 0 Å². The average Bonchev–Trinajstić information content (AvgIpc) is 3.40. The van der Waals surface area contributed by atoms with Gasteiger partial charge >= 0.3 is 0 Å². The smallest absolute Gasteiger partial charge is 0.272 e. The summed E-state index contributed by atoms with van der Waals surface area (Å²) >= 11 is 2.70. The molecule has 3 aromatic carbocycles. The predicted octanol–water partition coefficient (Wildman–Crippen LogP) is 5.77. The molecule has 0 aliphatic carbocycles. The Hall–Kier alpha value is -4.48. The van der Waals surface area contributed by atoms with Crippen molar-refractivity contribution in [3.63, 3.8) is 0 Å². The van der Waals surface area contributed by atoms with E-state index < -0.39 is 11.8 Å². The maximum Gasteiger partial charge on any atom is 0.272 e. The normalized spacial score (nSPS) is 11.8. The van der Waals surface area contributed by atoms with E-state index in [4.69, 9.17) is 4.74 Å². The van der Waals surface area contributed by atoms with Gasteiger partial charge in [0.25, 0.3) is 11.8 Å². The fraction of sp³-hybridized carbons (Fsp3) is 0.167. The van der Waals surface area contributed by atoms with Crippen molar-refractivity contribution in [1.82, 2.24) is 15.5 Å². The maximum atomic E-state index is 13.4. The van der Waals surface area contributed by atoms with Crippen molar-refractivity contribution in [1.29, 1.82) is 0 Å². The lowest BCUT2D eigenvalue weighted by atomic mass is 10.1. The first-order valence-electron chi connectivity index (χ1n) is 12.8. The quantitative estimate of drug-likeness (QED) is 0.150. The largest absolute Gasteiger partial charge is 0.497 e. The third kappa shape index (κ3) is 8.50. The van der Waals surface area contributed by atoms with Gasteiger partial charge in [-0.1, -0.05) is 54.7 Å². The van der Waals surface area contributed by atoms with Crippen molar-refractivity contribution in [3.8, 4) is 5.75 Å². The fourth-order valence-electron chi connectivity index (χ4n) is 3.71. The third-order valence-corrected chi connectivity index (χ3v) is 7.84. The van der Waals surface area contributed by atoms with Crippen LogP contribution in [0.2, 0.25) is 0 Å². The topological polar surface area (TPSA) is 122 Å². The molecule has 1 atom stereocenters. The van der Waals surface area contributed by atoms with Gasteiger partial charge in [0, 0.05) is 16.1 Å². The summed E-state index contributed by atoms with van der Waals surface area (Å²) in [6.45, 7) is 3.75. The summed E-state index contributed by atoms with van der Waals surface area (Å²) in [5.74, 6) is -0.471. The summed E-state index contributed by atoms with van der Waals surface area (Å²) in [5, 5.41) is 17.2. The highest BCUT2D eigenvalue weighted by Crippen LogP contribution is 2.29. The van der Waals surface area contributed by atoms with E-state index in [9.17, 15) is 14.4 Å². The van der Waals surface area contributed by atoms with Crippen molar-refractivity contribution in [2.75, 3.05) is 17.7 Å². The van der Waals surface area contributed by atoms with E-state index in [-0.39, 0.29) is 16.9 Å². The molecule has 0 saturated carbocycles. The highest BCUT2D eigenvalue weighted by molar-refractivity contribution is 8.00. The van der Waals surface area contributed by atoms with Gasteiger partial charge in [-0.3, -0.25) is 19.7 Å². The molecule has 4 rings (SSSR count). The number of hydrogen-bond donors (Lipinski definition) is 3. The number of thioether (sulfide) groups is 1. The first-order chi connectivity index (χ1) is 19.8. The molecular weight excluding hydrogens is 558 g/mol. The van der Waals surface area contributed by atoms with E-state index in [2.05, 4.69) is 26.1 Å². The number of carbonyl (C=O) groups excluding carboxylic acids is 3. The summed E-state index contributed by atoms with van der Waals surface area (Å²) in [6.07, 6.45) is 2.17. The van der Waals surface area contributed by atoms with Gasteiger partial charge in [-0.05, 0) is 67.4 Å². The molecule has 3 amide bonds. The number of nitrogens with zero attached hydrogens (tertiary/aromatic N) is 2. The number of aryl methyl sites for hydroxylation is 1. The number of ether oxygens (including phenoxy) is 1. The number of anilines is 2. The van der Waals surface area contributed by atoms with Crippen LogP contribution in [0.4, 0.5) is 10.8 Å². The Balaban J connectivity index is 1.51. The van der Waals surface area contributed by atoms with Crippen LogP contribution < -0.4 is 20.7 Å². The highest BCUT2D eigenvalue weighted by atomic mass is 32.2. The van der Waals surface area contributed by atoms with Crippen LogP contribution in [-0.2, 0) is 9.59 Å². The molecule has 0 aliphatic rings. The standard InChI is InChI=1S/C30H29N5O4S2/c1-4-26(29(38)33-30-35-34-19(2)40-30)41-24-15-9-13-22(18-24)31-28(37)25(17-20-10-8-14-23(16-20)39-3)32-27(36)21-11-6-5-7-12-21/h5-18,26H,4H2,1-3H3,(H,31,37)(H,32,36)(H,33,35,38)/b25-17-. The molecule has 0 aliphatic heterocycles. The zero-order valence-electron chi connectivity index (χ0n) is 22.7. The first-order valence-corrected chi connectivity index (χ1v) is 14.5. The second-order valence-corrected chi connectivity index (χ2v) is 11.2. The second kappa shape index (κ2) is 14.2. The molecule has 210 valence electrons. The monoisotopic (exact) mass is 587 g/mol. The molecular formula is C30H29N5O4S2. The second-order valence-electron chi connectivity index (χ2n) is 8.77. The molecule has 1 heterocycles. The Morgan fingerprint density at radius 1 is 0.976 bits per heavy atom. The summed E-state index contributed by atoms with van der Waals surface area (Å²) in [6, 6.07) is 23.0. The van der Waals surface area contributed by atoms with Crippen LogP contribution in [0.25, 0.3) is 6.08 Å². The molecule has 3 N–H and O–H groups in total. The van der Waals surface area contributed by atoms with Gasteiger partial charge in [0.15, 0.2) is 0 Å². The molecule has 0 saturated heterocycles. The molecule has 11 heteroatoms. The van der Waals surface area contributed by atoms with E-state index in [0.717, 1.165) is 9.90 Å². The zero-order chi connectivity index (χ0) is 29.2. The molecule has 4 aromatic rings. The van der Waals surface area contributed by atoms with Gasteiger partial charge in [0.2, 0.25) is 11.0 Å². The molecule has 1 unspecified atom stereocenters. The van der Waals surface area contributed by atoms with E-state index in [1.807, 2.05) is 26.0 Å². The minimum Gasteiger partial charge on any atom is -0.497 e. The summed E-state index contributed by atoms with van der Waals surface area (Å²) < 4.78 is 5.29. The molecule has 0 spiro atoms. The van der Waals surface area contributed by atoms with Crippen molar-refractivity contribution in [2.45, 2.75) is 30.4 Å². The van der Waals surface area contributed by atoms with Crippen molar-refractivity contribution >= 4 is 57.7 Å². The lowest BCUT2D eigenvalue weighted by Crippen LogP contribution is -2.30. The van der Waals surface area contributed by atoms with Crippen LogP contribution in [0.5, 0.6) is 5.75 Å². The number of rotatable bonds is 11. The predicted molar refractivity (Wildman–Crippen MR) is 163 cm³/mol. The Labute approximate surface area is 246 Å². The van der Waals surface area contributed by atoms with Gasteiger partial charge in [-0.15, -0.1) is 22.0 Å². The molecule has 0 bridgehead atoms. The number of aromatic nitrogens is 2. The maximum absolute atomic E-state index is 13.4. The molecule has 9 nitrogen and oxygen atoms in total. The van der Waals surface area contributed by atoms with Crippen LogP contribution in [0.1, 0.15) is 34.3 Å². The highest BCUT2D eigenvalue weighted by Gasteiger charge is 2.20. The van der Waals surface area contributed by atoms with E-state index in [1.54, 1.807) is 79.9 Å². The molecule has 1 aromatic heterocycles.